The Kier molecular flexibility index (Phi) is 3.88. The molecule has 0 nitrogen and oxygen atoms in total. The molecule has 0 saturated heterocycles. The molecule has 1 aromatic carbocycles. The molecule has 0 spiro atoms. The first-order valence-electron chi connectivity index (χ1n) is 5.22. The van der Waals surface area contributed by atoms with Crippen molar-refractivity contribution in [2.45, 2.75) is 38.0 Å². The molecule has 1 aromatic rings. The summed E-state index contributed by atoms with van der Waals surface area (Å²) in [7, 11) is 0. The zero-order valence-electron chi connectivity index (χ0n) is 8.10. The van der Waals surface area contributed by atoms with E-state index in [4.69, 9.17) is 0 Å². The van der Waals surface area contributed by atoms with Gasteiger partial charge in [-0.25, -0.2) is 0 Å². The number of rotatable bonds is 1. The number of benzene rings is 1. The van der Waals surface area contributed by atoms with E-state index in [1.54, 1.807) is 0 Å². The summed E-state index contributed by atoms with van der Waals surface area (Å²) in [6.45, 7) is 0. The molecule has 76 valence electrons. The second-order valence-corrected chi connectivity index (χ2v) is 6.03. The predicted molar refractivity (Wildman–Crippen MR) is 72.7 cm³/mol. The molecule has 2 rings (SSSR count). The van der Waals surface area contributed by atoms with Gasteiger partial charge in [0, 0.05) is 8.04 Å². The van der Waals surface area contributed by atoms with E-state index < -0.39 is 0 Å². The molecular weight excluding hydrogens is 351 g/mol. The van der Waals surface area contributed by atoms with E-state index >= 15 is 0 Å². The molecule has 0 radical (unpaired) electrons. The standard InChI is InChI=1S/C12H14BrI/c13-11-8-10(6-7-12(11)14)9-4-2-1-3-5-9/h6-9H,1-5H2. The zero-order chi connectivity index (χ0) is 9.97. The summed E-state index contributed by atoms with van der Waals surface area (Å²) in [6, 6.07) is 6.81. The first-order valence-corrected chi connectivity index (χ1v) is 7.09. The number of hydrogen-bond acceptors (Lipinski definition) is 0. The molecule has 0 atom stereocenters. The minimum absolute atomic E-state index is 0.817. The smallest absolute Gasteiger partial charge is 0.0311 e. The van der Waals surface area contributed by atoms with Crippen molar-refractivity contribution in [3.63, 3.8) is 0 Å². The first-order chi connectivity index (χ1) is 6.77. The normalized spacial score (nSPS) is 18.4. The lowest BCUT2D eigenvalue weighted by Crippen LogP contribution is -2.04. The lowest BCUT2D eigenvalue weighted by molar-refractivity contribution is 0.443. The van der Waals surface area contributed by atoms with Gasteiger partial charge in [-0.05, 0) is 75.0 Å². The summed E-state index contributed by atoms with van der Waals surface area (Å²) in [5.41, 5.74) is 1.52. The Labute approximate surface area is 108 Å². The van der Waals surface area contributed by atoms with Crippen LogP contribution in [0.25, 0.3) is 0 Å². The Bertz CT molecular complexity index is 316. The van der Waals surface area contributed by atoms with E-state index in [1.165, 1.54) is 45.7 Å². The third-order valence-corrected chi connectivity index (χ3v) is 5.36. The van der Waals surface area contributed by atoms with Gasteiger partial charge in [0.15, 0.2) is 0 Å². The average Bonchev–Trinajstić information content (AvgIpc) is 2.23. The van der Waals surface area contributed by atoms with Crippen molar-refractivity contribution < 1.29 is 0 Å². The van der Waals surface area contributed by atoms with Crippen LogP contribution in [0.4, 0.5) is 0 Å². The highest BCUT2D eigenvalue weighted by atomic mass is 127. The Morgan fingerprint density at radius 1 is 1.14 bits per heavy atom. The van der Waals surface area contributed by atoms with Crippen LogP contribution in [-0.2, 0) is 0 Å². The predicted octanol–water partition coefficient (Wildman–Crippen LogP) is 5.10. The van der Waals surface area contributed by atoms with Crippen LogP contribution < -0.4 is 0 Å². The lowest BCUT2D eigenvalue weighted by atomic mass is 9.84. The molecule has 0 amide bonds. The van der Waals surface area contributed by atoms with Crippen LogP contribution in [0.5, 0.6) is 0 Å². The van der Waals surface area contributed by atoms with Crippen LogP contribution in [0.1, 0.15) is 43.6 Å². The zero-order valence-corrected chi connectivity index (χ0v) is 11.8. The van der Waals surface area contributed by atoms with Crippen molar-refractivity contribution in [2.75, 3.05) is 0 Å². The monoisotopic (exact) mass is 364 g/mol. The Morgan fingerprint density at radius 3 is 2.50 bits per heavy atom. The van der Waals surface area contributed by atoms with Crippen LogP contribution in [0.15, 0.2) is 22.7 Å². The fourth-order valence-electron chi connectivity index (χ4n) is 2.20. The van der Waals surface area contributed by atoms with Gasteiger partial charge in [0.05, 0.1) is 0 Å². The van der Waals surface area contributed by atoms with Crippen molar-refractivity contribution in [3.05, 3.63) is 31.8 Å². The summed E-state index contributed by atoms with van der Waals surface area (Å²) < 4.78 is 2.56. The van der Waals surface area contributed by atoms with Crippen molar-refractivity contribution in [3.8, 4) is 0 Å². The van der Waals surface area contributed by atoms with Gasteiger partial charge in [-0.1, -0.05) is 25.3 Å². The second-order valence-electron chi connectivity index (χ2n) is 4.01. The van der Waals surface area contributed by atoms with Gasteiger partial charge in [0.1, 0.15) is 0 Å². The fourth-order valence-corrected chi connectivity index (χ4v) is 2.93. The number of halogens is 2. The van der Waals surface area contributed by atoms with Crippen molar-refractivity contribution >= 4 is 38.5 Å². The molecule has 2 heteroatoms. The molecule has 0 unspecified atom stereocenters. The van der Waals surface area contributed by atoms with Crippen LogP contribution in [0.3, 0.4) is 0 Å². The molecule has 0 bridgehead atoms. The molecule has 1 fully saturated rings. The minimum Gasteiger partial charge on any atom is -0.0576 e. The minimum atomic E-state index is 0.817. The summed E-state index contributed by atoms with van der Waals surface area (Å²) in [5, 5.41) is 0. The highest BCUT2D eigenvalue weighted by Gasteiger charge is 2.15. The fraction of sp³-hybridized carbons (Fsp3) is 0.500. The van der Waals surface area contributed by atoms with E-state index in [9.17, 15) is 0 Å². The quantitative estimate of drug-likeness (QED) is 0.608. The molecule has 1 aliphatic carbocycles. The van der Waals surface area contributed by atoms with Gasteiger partial charge in [-0.3, -0.25) is 0 Å². The molecule has 0 aromatic heterocycles. The number of hydrogen-bond donors (Lipinski definition) is 0. The molecular formula is C12H14BrI. The van der Waals surface area contributed by atoms with Crippen LogP contribution in [0, 0.1) is 3.57 Å². The maximum Gasteiger partial charge on any atom is 0.0311 e. The Balaban J connectivity index is 2.18. The summed E-state index contributed by atoms with van der Waals surface area (Å²) in [5.74, 6) is 0.817. The van der Waals surface area contributed by atoms with Crippen molar-refractivity contribution in [1.29, 1.82) is 0 Å². The van der Waals surface area contributed by atoms with Gasteiger partial charge >= 0.3 is 0 Å². The van der Waals surface area contributed by atoms with E-state index in [0.29, 0.717) is 0 Å². The molecule has 0 aliphatic heterocycles. The van der Waals surface area contributed by atoms with Crippen LogP contribution >= 0.6 is 38.5 Å². The highest BCUT2D eigenvalue weighted by molar-refractivity contribution is 14.1. The molecule has 0 N–H and O–H groups in total. The third-order valence-electron chi connectivity index (χ3n) is 3.02. The SMILES string of the molecule is Brc1cc(C2CCCCC2)ccc1I. The lowest BCUT2D eigenvalue weighted by Gasteiger charge is -2.22. The summed E-state index contributed by atoms with van der Waals surface area (Å²) in [6.07, 6.45) is 7.02. The Hall–Kier alpha value is 0.430. The van der Waals surface area contributed by atoms with Gasteiger partial charge in [0.2, 0.25) is 0 Å². The van der Waals surface area contributed by atoms with E-state index in [0.717, 1.165) is 5.92 Å². The maximum absolute atomic E-state index is 3.61. The van der Waals surface area contributed by atoms with Crippen LogP contribution in [0.2, 0.25) is 0 Å². The molecule has 0 heterocycles. The topological polar surface area (TPSA) is 0 Å². The van der Waals surface area contributed by atoms with Crippen molar-refractivity contribution in [1.82, 2.24) is 0 Å². The second kappa shape index (κ2) is 4.97. The Morgan fingerprint density at radius 2 is 1.86 bits per heavy atom. The highest BCUT2D eigenvalue weighted by Crippen LogP contribution is 2.34. The van der Waals surface area contributed by atoms with Gasteiger partial charge in [-0.15, -0.1) is 0 Å². The molecule has 1 saturated carbocycles. The first kappa shape index (κ1) is 10.9. The molecule has 1 aliphatic rings. The van der Waals surface area contributed by atoms with Gasteiger partial charge < -0.3 is 0 Å². The third kappa shape index (κ3) is 2.51. The van der Waals surface area contributed by atoms with Crippen LogP contribution in [-0.4, -0.2) is 0 Å². The van der Waals surface area contributed by atoms with E-state index in [-0.39, 0.29) is 0 Å². The average molecular weight is 365 g/mol. The maximum atomic E-state index is 3.61. The van der Waals surface area contributed by atoms with Crippen molar-refractivity contribution in [2.24, 2.45) is 0 Å². The van der Waals surface area contributed by atoms with E-state index in [1.807, 2.05) is 0 Å². The van der Waals surface area contributed by atoms with E-state index in [2.05, 4.69) is 56.7 Å². The van der Waals surface area contributed by atoms with Gasteiger partial charge in [0.25, 0.3) is 0 Å². The van der Waals surface area contributed by atoms with Gasteiger partial charge in [-0.2, -0.15) is 0 Å². The summed E-state index contributed by atoms with van der Waals surface area (Å²) in [4.78, 5) is 0. The largest absolute Gasteiger partial charge is 0.0576 e. The summed E-state index contributed by atoms with van der Waals surface area (Å²) >= 11 is 5.97. The molecule has 14 heavy (non-hydrogen) atoms.